The highest BCUT2D eigenvalue weighted by Crippen LogP contribution is 2.06. The fourth-order valence-corrected chi connectivity index (χ4v) is 0.721. The Kier molecular flexibility index (Phi) is 5.02. The molecule has 0 heterocycles. The van der Waals surface area contributed by atoms with Gasteiger partial charge < -0.3 is 0 Å². The Labute approximate surface area is 75.2 Å². The van der Waals surface area contributed by atoms with Gasteiger partial charge in [0.1, 0.15) is 0 Å². The van der Waals surface area contributed by atoms with Crippen molar-refractivity contribution in [2.24, 2.45) is 4.99 Å². The summed E-state index contributed by atoms with van der Waals surface area (Å²) in [5.41, 5.74) is 3.31. The molecule has 0 N–H and O–H groups in total. The van der Waals surface area contributed by atoms with E-state index in [0.717, 1.165) is 17.7 Å². The molecule has 0 saturated heterocycles. The molecule has 0 aliphatic heterocycles. The summed E-state index contributed by atoms with van der Waals surface area (Å²) in [5, 5.41) is 0. The van der Waals surface area contributed by atoms with E-state index in [1.165, 1.54) is 5.57 Å². The standard InChI is InChI=1S/C11H17N/c1-6-11(12-7-2)8-10(5)9(3)4/h7-8H,2-3,6H2,1,4-5H3/b10-8+,12-11-. The van der Waals surface area contributed by atoms with Gasteiger partial charge in [-0.2, -0.15) is 0 Å². The van der Waals surface area contributed by atoms with Crippen LogP contribution in [-0.2, 0) is 0 Å². The Morgan fingerprint density at radius 1 is 1.42 bits per heavy atom. The monoisotopic (exact) mass is 163 g/mol. The molecule has 66 valence electrons. The first-order valence-electron chi connectivity index (χ1n) is 4.13. The zero-order chi connectivity index (χ0) is 9.56. The van der Waals surface area contributed by atoms with Gasteiger partial charge in [-0.3, -0.25) is 4.99 Å². The molecule has 0 aromatic rings. The van der Waals surface area contributed by atoms with Crippen molar-refractivity contribution in [2.45, 2.75) is 27.2 Å². The molecule has 0 rings (SSSR count). The Balaban J connectivity index is 4.57. The first kappa shape index (κ1) is 10.9. The summed E-state index contributed by atoms with van der Waals surface area (Å²) in [7, 11) is 0. The molecule has 0 unspecified atom stereocenters. The molecule has 0 aromatic heterocycles. The Hall–Kier alpha value is -1.11. The van der Waals surface area contributed by atoms with Gasteiger partial charge in [-0.25, -0.2) is 0 Å². The quantitative estimate of drug-likeness (QED) is 0.444. The summed E-state index contributed by atoms with van der Waals surface area (Å²) in [5.74, 6) is 0. The lowest BCUT2D eigenvalue weighted by molar-refractivity contribution is 1.26. The number of rotatable bonds is 4. The second-order valence-electron chi connectivity index (χ2n) is 2.76. The molecule has 0 radical (unpaired) electrons. The van der Waals surface area contributed by atoms with E-state index in [2.05, 4.69) is 25.1 Å². The summed E-state index contributed by atoms with van der Waals surface area (Å²) in [4.78, 5) is 4.13. The average Bonchev–Trinajstić information content (AvgIpc) is 2.03. The average molecular weight is 163 g/mol. The highest BCUT2D eigenvalue weighted by molar-refractivity contribution is 5.96. The van der Waals surface area contributed by atoms with Crippen LogP contribution in [0.25, 0.3) is 0 Å². The fourth-order valence-electron chi connectivity index (χ4n) is 0.721. The Morgan fingerprint density at radius 3 is 2.33 bits per heavy atom. The Bertz CT molecular complexity index is 231. The van der Waals surface area contributed by atoms with Gasteiger partial charge in [0.25, 0.3) is 0 Å². The lowest BCUT2D eigenvalue weighted by Crippen LogP contribution is -1.91. The molecule has 0 bridgehead atoms. The van der Waals surface area contributed by atoms with Crippen LogP contribution in [0.15, 0.2) is 41.6 Å². The summed E-state index contributed by atoms with van der Waals surface area (Å²) in [6.07, 6.45) is 4.54. The van der Waals surface area contributed by atoms with Crippen LogP contribution in [0.1, 0.15) is 27.2 Å². The number of hydrogen-bond acceptors (Lipinski definition) is 1. The van der Waals surface area contributed by atoms with Crippen LogP contribution >= 0.6 is 0 Å². The van der Waals surface area contributed by atoms with Crippen LogP contribution in [0, 0.1) is 0 Å². The fraction of sp³-hybridized carbons (Fsp3) is 0.364. The molecule has 0 aliphatic carbocycles. The van der Waals surface area contributed by atoms with Gasteiger partial charge in [0.2, 0.25) is 0 Å². The first-order valence-corrected chi connectivity index (χ1v) is 4.13. The maximum absolute atomic E-state index is 4.13. The minimum absolute atomic E-state index is 0.927. The molecule has 0 spiro atoms. The summed E-state index contributed by atoms with van der Waals surface area (Å²) in [6.45, 7) is 13.5. The van der Waals surface area contributed by atoms with Crippen LogP contribution in [0.3, 0.4) is 0 Å². The van der Waals surface area contributed by atoms with E-state index in [0.29, 0.717) is 0 Å². The largest absolute Gasteiger partial charge is 0.262 e. The lowest BCUT2D eigenvalue weighted by atomic mass is 10.1. The van der Waals surface area contributed by atoms with E-state index >= 15 is 0 Å². The van der Waals surface area contributed by atoms with E-state index in [-0.39, 0.29) is 0 Å². The zero-order valence-electron chi connectivity index (χ0n) is 8.22. The Morgan fingerprint density at radius 2 is 2.00 bits per heavy atom. The summed E-state index contributed by atoms with van der Waals surface area (Å²) in [6, 6.07) is 0. The van der Waals surface area contributed by atoms with Gasteiger partial charge in [0.05, 0.1) is 0 Å². The minimum Gasteiger partial charge on any atom is -0.262 e. The van der Waals surface area contributed by atoms with Gasteiger partial charge in [-0.05, 0) is 31.9 Å². The molecule has 0 aliphatic rings. The molecular weight excluding hydrogens is 146 g/mol. The highest BCUT2D eigenvalue weighted by atomic mass is 14.7. The third-order valence-corrected chi connectivity index (χ3v) is 1.68. The third-order valence-electron chi connectivity index (χ3n) is 1.68. The van der Waals surface area contributed by atoms with Crippen molar-refractivity contribution in [3.8, 4) is 0 Å². The summed E-state index contributed by atoms with van der Waals surface area (Å²) >= 11 is 0. The van der Waals surface area contributed by atoms with Crippen molar-refractivity contribution in [3.05, 3.63) is 36.6 Å². The molecule has 0 amide bonds. The van der Waals surface area contributed by atoms with Crippen molar-refractivity contribution < 1.29 is 0 Å². The number of aliphatic imine (C=N–C) groups is 1. The van der Waals surface area contributed by atoms with E-state index in [4.69, 9.17) is 0 Å². The number of hydrogen-bond donors (Lipinski definition) is 0. The second-order valence-corrected chi connectivity index (χ2v) is 2.76. The van der Waals surface area contributed by atoms with Crippen LogP contribution < -0.4 is 0 Å². The van der Waals surface area contributed by atoms with Crippen molar-refractivity contribution in [2.75, 3.05) is 0 Å². The number of allylic oxidation sites excluding steroid dienone is 3. The van der Waals surface area contributed by atoms with Crippen LogP contribution in [0.2, 0.25) is 0 Å². The maximum Gasteiger partial charge on any atom is 0.0403 e. The topological polar surface area (TPSA) is 12.4 Å². The van der Waals surface area contributed by atoms with Crippen molar-refractivity contribution >= 4 is 5.71 Å². The van der Waals surface area contributed by atoms with Crippen molar-refractivity contribution in [1.82, 2.24) is 0 Å². The van der Waals surface area contributed by atoms with Gasteiger partial charge in [0.15, 0.2) is 0 Å². The maximum atomic E-state index is 4.13. The molecule has 1 nitrogen and oxygen atoms in total. The smallest absolute Gasteiger partial charge is 0.0403 e. The first-order chi connectivity index (χ1) is 5.61. The molecule has 0 fully saturated rings. The van der Waals surface area contributed by atoms with Crippen LogP contribution in [0.4, 0.5) is 0 Å². The molecule has 0 aromatic carbocycles. The number of nitrogens with zero attached hydrogens (tertiary/aromatic N) is 1. The normalized spacial score (nSPS) is 12.9. The van der Waals surface area contributed by atoms with Crippen molar-refractivity contribution in [3.63, 3.8) is 0 Å². The predicted molar refractivity (Wildman–Crippen MR) is 56.5 cm³/mol. The second kappa shape index (κ2) is 5.53. The van der Waals surface area contributed by atoms with E-state index in [9.17, 15) is 0 Å². The SMILES string of the molecule is C=C/N=C(\C=C(/C)C(=C)C)CC. The predicted octanol–water partition coefficient (Wildman–Crippen LogP) is 3.50. The van der Waals surface area contributed by atoms with Gasteiger partial charge >= 0.3 is 0 Å². The molecule has 0 saturated carbocycles. The molecule has 12 heavy (non-hydrogen) atoms. The van der Waals surface area contributed by atoms with E-state index < -0.39 is 0 Å². The summed E-state index contributed by atoms with van der Waals surface area (Å²) < 4.78 is 0. The van der Waals surface area contributed by atoms with Crippen LogP contribution in [-0.4, -0.2) is 5.71 Å². The van der Waals surface area contributed by atoms with Gasteiger partial charge in [-0.1, -0.05) is 25.7 Å². The molecule has 1 heteroatoms. The zero-order valence-corrected chi connectivity index (χ0v) is 8.22. The van der Waals surface area contributed by atoms with Crippen LogP contribution in [0.5, 0.6) is 0 Å². The minimum atomic E-state index is 0.927. The third kappa shape index (κ3) is 3.91. The lowest BCUT2D eigenvalue weighted by Gasteiger charge is -1.99. The molecular formula is C11H17N. The van der Waals surface area contributed by atoms with Crippen molar-refractivity contribution in [1.29, 1.82) is 0 Å². The highest BCUT2D eigenvalue weighted by Gasteiger charge is 1.92. The van der Waals surface area contributed by atoms with E-state index in [1.54, 1.807) is 6.20 Å². The van der Waals surface area contributed by atoms with Gasteiger partial charge in [-0.15, -0.1) is 0 Å². The van der Waals surface area contributed by atoms with E-state index in [1.807, 2.05) is 19.9 Å². The molecule has 0 atom stereocenters. The van der Waals surface area contributed by atoms with Gasteiger partial charge in [0, 0.05) is 11.9 Å².